The molecule has 1 aliphatic heterocycles. The summed E-state index contributed by atoms with van der Waals surface area (Å²) in [5.74, 6) is -0.425. The highest BCUT2D eigenvalue weighted by Crippen LogP contribution is 2.71. The summed E-state index contributed by atoms with van der Waals surface area (Å²) < 4.78 is 82.0. The molecule has 1 aromatic heterocycles. The fourth-order valence-corrected chi connectivity index (χ4v) is 6.94. The summed E-state index contributed by atoms with van der Waals surface area (Å²) in [5.41, 5.74) is -2.99. The number of aromatic amines is 1. The number of hydrogen-bond acceptors (Lipinski definition) is 5. The van der Waals surface area contributed by atoms with Crippen LogP contribution in [0.1, 0.15) is 73.0 Å². The average molecular weight is 622 g/mol. The number of urea groups is 1. The Morgan fingerprint density at radius 2 is 1.55 bits per heavy atom. The lowest BCUT2D eigenvalue weighted by Crippen LogP contribution is -2.49. The van der Waals surface area contributed by atoms with E-state index in [1.807, 2.05) is 0 Å². The lowest BCUT2D eigenvalue weighted by molar-refractivity contribution is -0.143. The summed E-state index contributed by atoms with van der Waals surface area (Å²) in [4.78, 5) is 29.1. The van der Waals surface area contributed by atoms with Gasteiger partial charge in [0.1, 0.15) is 0 Å². The molecule has 3 aliphatic rings. The molecule has 9 nitrogen and oxygen atoms in total. The predicted molar refractivity (Wildman–Crippen MR) is 145 cm³/mol. The largest absolute Gasteiger partial charge is 0.416 e. The third-order valence-electron chi connectivity index (χ3n) is 9.73. The van der Waals surface area contributed by atoms with Gasteiger partial charge in [0.05, 0.1) is 23.2 Å². The summed E-state index contributed by atoms with van der Waals surface area (Å²) in [5, 5.41) is 15.3. The Bertz CT molecular complexity index is 1540. The summed E-state index contributed by atoms with van der Waals surface area (Å²) >= 11 is 0. The van der Waals surface area contributed by atoms with Crippen molar-refractivity contribution in [1.82, 2.24) is 25.5 Å². The first-order valence-corrected chi connectivity index (χ1v) is 14.0. The Labute approximate surface area is 248 Å². The summed E-state index contributed by atoms with van der Waals surface area (Å²) in [6, 6.07) is 7.01. The number of carbonyl (C=O) groups excluding carboxylic acids is 2. The number of nitrogens with one attached hydrogen (secondary N) is 2. The molecule has 2 spiro atoms. The maximum atomic E-state index is 14.0. The molecule has 3 amide bonds. The van der Waals surface area contributed by atoms with Gasteiger partial charge in [-0.25, -0.2) is 9.89 Å². The van der Waals surface area contributed by atoms with Gasteiger partial charge in [-0.3, -0.25) is 15.0 Å². The Hall–Kier alpha value is -4.17. The van der Waals surface area contributed by atoms with Crippen molar-refractivity contribution >= 4 is 23.6 Å². The maximum absolute atomic E-state index is 14.0. The molecule has 2 aromatic carbocycles. The van der Waals surface area contributed by atoms with Crippen molar-refractivity contribution in [2.24, 2.45) is 10.8 Å². The van der Waals surface area contributed by atoms with Crippen LogP contribution in [-0.2, 0) is 18.9 Å². The molecular weight excluding hydrogens is 592 g/mol. The SMILES string of the molecule is CC1(C)CC12CCC1(CC2)CN(c2cc(C(F)(F)F)cc(C(F)(F)F)c2)C(=O)N1Cc1ccc(C(=O)Nc2nnn[nH]2)cc1. The number of tetrazole rings is 1. The van der Waals surface area contributed by atoms with E-state index in [2.05, 4.69) is 39.8 Å². The van der Waals surface area contributed by atoms with Crippen LogP contribution < -0.4 is 10.2 Å². The Balaban J connectivity index is 1.31. The van der Waals surface area contributed by atoms with Gasteiger partial charge in [0.25, 0.3) is 5.91 Å². The van der Waals surface area contributed by atoms with Gasteiger partial charge in [0.2, 0.25) is 5.95 Å². The highest BCUT2D eigenvalue weighted by Gasteiger charge is 2.65. The number of aromatic nitrogens is 4. The Kier molecular flexibility index (Phi) is 6.74. The fourth-order valence-electron chi connectivity index (χ4n) is 6.94. The van der Waals surface area contributed by atoms with Gasteiger partial charge in [-0.1, -0.05) is 31.1 Å². The first-order chi connectivity index (χ1) is 20.5. The highest BCUT2D eigenvalue weighted by molar-refractivity contribution is 6.03. The van der Waals surface area contributed by atoms with Gasteiger partial charge in [-0.05, 0) is 89.3 Å². The fraction of sp³-hybridized carbons (Fsp3) is 0.483. The molecule has 44 heavy (non-hydrogen) atoms. The van der Waals surface area contributed by atoms with E-state index in [-0.39, 0.29) is 41.5 Å². The van der Waals surface area contributed by atoms with Gasteiger partial charge in [-0.2, -0.15) is 26.3 Å². The first-order valence-electron chi connectivity index (χ1n) is 14.0. The number of amides is 3. The molecule has 234 valence electrons. The monoisotopic (exact) mass is 621 g/mol. The van der Waals surface area contributed by atoms with Crippen LogP contribution in [0, 0.1) is 10.8 Å². The molecule has 0 unspecified atom stereocenters. The smallest absolute Gasteiger partial charge is 0.313 e. The number of nitrogens with zero attached hydrogens (tertiary/aromatic N) is 5. The molecule has 15 heteroatoms. The average Bonchev–Trinajstić information content (AvgIpc) is 3.26. The van der Waals surface area contributed by atoms with Crippen LogP contribution in [0.15, 0.2) is 42.5 Å². The van der Waals surface area contributed by atoms with E-state index in [0.29, 0.717) is 30.5 Å². The molecule has 3 fully saturated rings. The zero-order valence-corrected chi connectivity index (χ0v) is 23.8. The number of hydrogen-bond donors (Lipinski definition) is 2. The standard InChI is InChI=1S/C29H29F6N7O2/c1-25(2)15-26(25)7-9-27(10-8-26)16-41(21-12-19(28(30,31)32)11-20(13-21)29(33,34)35)24(44)42(27)14-17-3-5-18(6-4-17)22(43)36-23-37-39-40-38-23/h3-6,11-13H,7-10,14-16H2,1-2H3,(H2,36,37,38,39,40,43). The number of carbonyl (C=O) groups is 2. The zero-order valence-electron chi connectivity index (χ0n) is 23.8. The molecule has 2 aliphatic carbocycles. The van der Waals surface area contributed by atoms with Crippen molar-refractivity contribution in [3.63, 3.8) is 0 Å². The minimum Gasteiger partial charge on any atom is -0.313 e. The van der Waals surface area contributed by atoms with Crippen LogP contribution in [0.3, 0.4) is 0 Å². The molecule has 1 saturated heterocycles. The van der Waals surface area contributed by atoms with Crippen molar-refractivity contribution in [2.45, 2.75) is 70.4 Å². The minimum atomic E-state index is -5.04. The van der Waals surface area contributed by atoms with Gasteiger partial charge >= 0.3 is 18.4 Å². The molecule has 2 N–H and O–H groups in total. The number of halogens is 6. The third-order valence-corrected chi connectivity index (χ3v) is 9.73. The van der Waals surface area contributed by atoms with Crippen LogP contribution in [0.25, 0.3) is 0 Å². The second-order valence-corrected chi connectivity index (χ2v) is 12.7. The van der Waals surface area contributed by atoms with Crippen molar-refractivity contribution < 1.29 is 35.9 Å². The summed E-state index contributed by atoms with van der Waals surface area (Å²) in [6.07, 6.45) is -6.33. The Morgan fingerprint density at radius 1 is 0.955 bits per heavy atom. The predicted octanol–water partition coefficient (Wildman–Crippen LogP) is 6.66. The van der Waals surface area contributed by atoms with Crippen molar-refractivity contribution in [3.8, 4) is 0 Å². The molecule has 6 rings (SSSR count). The lowest BCUT2D eigenvalue weighted by atomic mass is 9.71. The van der Waals surface area contributed by atoms with E-state index in [0.717, 1.165) is 24.2 Å². The number of alkyl halides is 6. The van der Waals surface area contributed by atoms with Gasteiger partial charge in [0, 0.05) is 17.8 Å². The van der Waals surface area contributed by atoms with E-state index in [1.54, 1.807) is 29.2 Å². The molecule has 0 atom stereocenters. The van der Waals surface area contributed by atoms with Gasteiger partial charge in [0.15, 0.2) is 0 Å². The van der Waals surface area contributed by atoms with Crippen LogP contribution in [0.2, 0.25) is 0 Å². The number of rotatable bonds is 5. The number of H-pyrrole nitrogens is 1. The van der Waals surface area contributed by atoms with Crippen LogP contribution in [0.4, 0.5) is 42.8 Å². The molecule has 2 heterocycles. The number of anilines is 2. The quantitative estimate of drug-likeness (QED) is 0.310. The summed E-state index contributed by atoms with van der Waals surface area (Å²) in [6.45, 7) is 4.40. The van der Waals surface area contributed by atoms with Crippen molar-refractivity contribution in [2.75, 3.05) is 16.8 Å². The highest BCUT2D eigenvalue weighted by atomic mass is 19.4. The van der Waals surface area contributed by atoms with Crippen LogP contribution in [-0.4, -0.2) is 49.5 Å². The lowest BCUT2D eigenvalue weighted by Gasteiger charge is -2.44. The van der Waals surface area contributed by atoms with Crippen LogP contribution >= 0.6 is 0 Å². The molecular formula is C29H29F6N7O2. The second-order valence-electron chi connectivity index (χ2n) is 12.7. The van der Waals surface area contributed by atoms with Gasteiger partial charge < -0.3 is 4.90 Å². The zero-order chi connectivity index (χ0) is 31.7. The van der Waals surface area contributed by atoms with E-state index in [4.69, 9.17) is 0 Å². The Morgan fingerprint density at radius 3 is 2.05 bits per heavy atom. The number of benzene rings is 2. The third kappa shape index (κ3) is 5.25. The normalized spacial score (nSPS) is 24.8. The summed E-state index contributed by atoms with van der Waals surface area (Å²) in [7, 11) is 0. The second kappa shape index (κ2) is 9.92. The van der Waals surface area contributed by atoms with Crippen molar-refractivity contribution in [1.29, 1.82) is 0 Å². The molecule has 0 bridgehead atoms. The van der Waals surface area contributed by atoms with Crippen molar-refractivity contribution in [3.05, 3.63) is 64.7 Å². The molecule has 0 radical (unpaired) electrons. The van der Waals surface area contributed by atoms with E-state index < -0.39 is 46.6 Å². The van der Waals surface area contributed by atoms with Crippen LogP contribution in [0.5, 0.6) is 0 Å². The maximum Gasteiger partial charge on any atom is 0.416 e. The van der Waals surface area contributed by atoms with E-state index in [9.17, 15) is 35.9 Å². The van der Waals surface area contributed by atoms with Gasteiger partial charge in [-0.15, -0.1) is 0 Å². The van der Waals surface area contributed by atoms with E-state index >= 15 is 0 Å². The first kappa shape index (κ1) is 29.9. The van der Waals surface area contributed by atoms with E-state index in [1.165, 1.54) is 0 Å². The molecule has 2 saturated carbocycles. The minimum absolute atomic E-state index is 0.0351. The molecule has 3 aromatic rings. The topological polar surface area (TPSA) is 107 Å².